The number of rotatable bonds is 2. The SMILES string of the molecule is NC1=NCC2(CCSc3ccccc32)N1Cc1cccs1. The molecular weight excluding hydrogens is 298 g/mol. The minimum absolute atomic E-state index is 0.0457. The fourth-order valence-corrected chi connectivity index (χ4v) is 5.22. The highest BCUT2D eigenvalue weighted by atomic mass is 32.2. The van der Waals surface area contributed by atoms with Gasteiger partial charge in [0.1, 0.15) is 0 Å². The van der Waals surface area contributed by atoms with Crippen molar-refractivity contribution in [1.29, 1.82) is 0 Å². The van der Waals surface area contributed by atoms with Gasteiger partial charge in [-0.3, -0.25) is 4.99 Å². The summed E-state index contributed by atoms with van der Waals surface area (Å²) >= 11 is 3.73. The van der Waals surface area contributed by atoms with E-state index < -0.39 is 0 Å². The molecule has 3 heterocycles. The van der Waals surface area contributed by atoms with Gasteiger partial charge in [-0.2, -0.15) is 0 Å². The summed E-state index contributed by atoms with van der Waals surface area (Å²) < 4.78 is 0. The number of nitrogens with two attached hydrogens (primary N) is 1. The van der Waals surface area contributed by atoms with Crippen LogP contribution in [0.5, 0.6) is 0 Å². The van der Waals surface area contributed by atoms with Crippen molar-refractivity contribution in [1.82, 2.24) is 4.90 Å². The highest BCUT2D eigenvalue weighted by Crippen LogP contribution is 2.46. The summed E-state index contributed by atoms with van der Waals surface area (Å²) in [5, 5.41) is 2.12. The van der Waals surface area contributed by atoms with Crippen molar-refractivity contribution >= 4 is 29.1 Å². The van der Waals surface area contributed by atoms with Crippen LogP contribution in [0, 0.1) is 0 Å². The van der Waals surface area contributed by atoms with Crippen LogP contribution < -0.4 is 5.73 Å². The molecule has 0 fully saturated rings. The maximum atomic E-state index is 6.23. The first-order valence-electron chi connectivity index (χ1n) is 7.12. The van der Waals surface area contributed by atoms with Gasteiger partial charge in [-0.25, -0.2) is 0 Å². The molecular formula is C16H17N3S2. The third-order valence-electron chi connectivity index (χ3n) is 4.35. The molecule has 0 amide bonds. The summed E-state index contributed by atoms with van der Waals surface area (Å²) in [6.45, 7) is 1.63. The highest BCUT2D eigenvalue weighted by Gasteiger charge is 2.46. The third kappa shape index (κ3) is 2.07. The Hall–Kier alpha value is -1.46. The van der Waals surface area contributed by atoms with E-state index in [1.54, 1.807) is 11.3 Å². The van der Waals surface area contributed by atoms with Crippen LogP contribution in [0.15, 0.2) is 51.7 Å². The van der Waals surface area contributed by atoms with Gasteiger partial charge in [0, 0.05) is 15.5 Å². The van der Waals surface area contributed by atoms with E-state index in [1.807, 2.05) is 11.8 Å². The zero-order chi connectivity index (χ0) is 14.3. The number of aliphatic imine (C=N–C) groups is 1. The van der Waals surface area contributed by atoms with Crippen LogP contribution in [-0.2, 0) is 12.1 Å². The number of nitrogens with zero attached hydrogens (tertiary/aromatic N) is 2. The molecule has 1 aromatic carbocycles. The lowest BCUT2D eigenvalue weighted by molar-refractivity contribution is 0.183. The predicted molar refractivity (Wildman–Crippen MR) is 89.8 cm³/mol. The molecule has 2 N–H and O–H groups in total. The Morgan fingerprint density at radius 3 is 3.00 bits per heavy atom. The molecule has 2 aliphatic rings. The highest BCUT2D eigenvalue weighted by molar-refractivity contribution is 7.99. The number of hydrogen-bond donors (Lipinski definition) is 1. The van der Waals surface area contributed by atoms with E-state index in [9.17, 15) is 0 Å². The fourth-order valence-electron chi connectivity index (χ4n) is 3.28. The Morgan fingerprint density at radius 1 is 1.24 bits per heavy atom. The lowest BCUT2D eigenvalue weighted by atomic mass is 9.85. The molecule has 0 saturated carbocycles. The third-order valence-corrected chi connectivity index (χ3v) is 6.29. The average Bonchev–Trinajstić information content (AvgIpc) is 3.13. The smallest absolute Gasteiger partial charge is 0.192 e. The van der Waals surface area contributed by atoms with Crippen molar-refractivity contribution in [3.05, 3.63) is 52.2 Å². The summed E-state index contributed by atoms with van der Waals surface area (Å²) in [5.41, 5.74) is 7.58. The van der Waals surface area contributed by atoms with E-state index in [1.165, 1.54) is 15.3 Å². The Morgan fingerprint density at radius 2 is 2.14 bits per heavy atom. The zero-order valence-electron chi connectivity index (χ0n) is 11.7. The van der Waals surface area contributed by atoms with Crippen molar-refractivity contribution in [3.8, 4) is 0 Å². The molecule has 1 atom stereocenters. The lowest BCUT2D eigenvalue weighted by Gasteiger charge is -2.43. The Balaban J connectivity index is 1.77. The second-order valence-corrected chi connectivity index (χ2v) is 7.64. The Kier molecular flexibility index (Phi) is 3.19. The first kappa shape index (κ1) is 13.2. The van der Waals surface area contributed by atoms with Gasteiger partial charge in [0.05, 0.1) is 18.6 Å². The summed E-state index contributed by atoms with van der Waals surface area (Å²) in [6, 6.07) is 13.0. The molecule has 0 saturated heterocycles. The first-order valence-corrected chi connectivity index (χ1v) is 8.98. The first-order chi connectivity index (χ1) is 10.3. The molecule has 1 aromatic heterocycles. The molecule has 21 heavy (non-hydrogen) atoms. The molecule has 0 bridgehead atoms. The van der Waals surface area contributed by atoms with E-state index in [0.29, 0.717) is 5.96 Å². The van der Waals surface area contributed by atoms with Crippen LogP contribution in [0.25, 0.3) is 0 Å². The number of thiophene rings is 1. The van der Waals surface area contributed by atoms with E-state index in [-0.39, 0.29) is 5.54 Å². The van der Waals surface area contributed by atoms with Crippen molar-refractivity contribution in [2.45, 2.75) is 23.4 Å². The second-order valence-electron chi connectivity index (χ2n) is 5.47. The molecule has 1 spiro atoms. The van der Waals surface area contributed by atoms with Crippen molar-refractivity contribution in [2.75, 3.05) is 12.3 Å². The van der Waals surface area contributed by atoms with Crippen LogP contribution in [0.2, 0.25) is 0 Å². The molecule has 108 valence electrons. The maximum absolute atomic E-state index is 6.23. The number of benzene rings is 1. The lowest BCUT2D eigenvalue weighted by Crippen LogP contribution is -2.50. The zero-order valence-corrected chi connectivity index (χ0v) is 13.3. The van der Waals surface area contributed by atoms with E-state index in [4.69, 9.17) is 5.73 Å². The number of thioether (sulfide) groups is 1. The van der Waals surface area contributed by atoms with Gasteiger partial charge in [-0.05, 0) is 29.5 Å². The Bertz CT molecular complexity index is 681. The largest absolute Gasteiger partial charge is 0.370 e. The summed E-state index contributed by atoms with van der Waals surface area (Å²) in [5.74, 6) is 1.81. The Labute approximate surface area is 132 Å². The maximum Gasteiger partial charge on any atom is 0.192 e. The van der Waals surface area contributed by atoms with E-state index in [2.05, 4.69) is 51.7 Å². The standard InChI is InChI=1S/C16H17N3S2/c17-15-18-11-16(19(15)10-12-4-3-8-20-12)7-9-21-14-6-2-1-5-13(14)16/h1-6,8H,7,9-11H2,(H2,17,18). The van der Waals surface area contributed by atoms with Crippen LogP contribution in [0.3, 0.4) is 0 Å². The minimum Gasteiger partial charge on any atom is -0.370 e. The van der Waals surface area contributed by atoms with Gasteiger partial charge in [0.2, 0.25) is 0 Å². The van der Waals surface area contributed by atoms with Crippen molar-refractivity contribution < 1.29 is 0 Å². The van der Waals surface area contributed by atoms with Gasteiger partial charge in [0.25, 0.3) is 0 Å². The summed E-state index contributed by atoms with van der Waals surface area (Å²) in [4.78, 5) is 9.62. The van der Waals surface area contributed by atoms with Crippen molar-refractivity contribution in [2.24, 2.45) is 10.7 Å². The predicted octanol–water partition coefficient (Wildman–Crippen LogP) is 3.27. The average molecular weight is 315 g/mol. The number of hydrogen-bond acceptors (Lipinski definition) is 5. The second kappa shape index (κ2) is 5.07. The molecule has 2 aromatic rings. The topological polar surface area (TPSA) is 41.6 Å². The van der Waals surface area contributed by atoms with Crippen molar-refractivity contribution in [3.63, 3.8) is 0 Å². The molecule has 4 rings (SSSR count). The van der Waals surface area contributed by atoms with Crippen LogP contribution in [0.1, 0.15) is 16.9 Å². The van der Waals surface area contributed by atoms with Gasteiger partial charge in [-0.15, -0.1) is 23.1 Å². The van der Waals surface area contributed by atoms with E-state index >= 15 is 0 Å². The number of guanidine groups is 1. The fraction of sp³-hybridized carbons (Fsp3) is 0.312. The molecule has 5 heteroatoms. The van der Waals surface area contributed by atoms with Crippen LogP contribution in [-0.4, -0.2) is 23.2 Å². The van der Waals surface area contributed by atoms with Crippen LogP contribution >= 0.6 is 23.1 Å². The number of fused-ring (bicyclic) bond motifs is 2. The summed E-state index contributed by atoms with van der Waals surface area (Å²) in [6.07, 6.45) is 1.10. The van der Waals surface area contributed by atoms with Gasteiger partial charge >= 0.3 is 0 Å². The molecule has 0 aliphatic carbocycles. The monoisotopic (exact) mass is 315 g/mol. The molecule has 1 unspecified atom stereocenters. The normalized spacial score (nSPS) is 24.2. The van der Waals surface area contributed by atoms with E-state index in [0.717, 1.165) is 25.3 Å². The van der Waals surface area contributed by atoms with Gasteiger partial charge < -0.3 is 10.6 Å². The quantitative estimate of drug-likeness (QED) is 0.925. The summed E-state index contributed by atoms with van der Waals surface area (Å²) in [7, 11) is 0. The van der Waals surface area contributed by atoms with Gasteiger partial charge in [0.15, 0.2) is 5.96 Å². The molecule has 0 radical (unpaired) electrons. The minimum atomic E-state index is -0.0457. The molecule has 2 aliphatic heterocycles. The van der Waals surface area contributed by atoms with Crippen LogP contribution in [0.4, 0.5) is 0 Å². The van der Waals surface area contributed by atoms with Gasteiger partial charge in [-0.1, -0.05) is 24.3 Å². The molecule has 3 nitrogen and oxygen atoms in total.